The summed E-state index contributed by atoms with van der Waals surface area (Å²) in [4.78, 5) is 0. The van der Waals surface area contributed by atoms with Gasteiger partial charge in [0.05, 0.1) is 17.9 Å². The molecule has 0 aliphatic heterocycles. The van der Waals surface area contributed by atoms with Crippen molar-refractivity contribution in [3.05, 3.63) is 28.6 Å². The van der Waals surface area contributed by atoms with Gasteiger partial charge in [-0.3, -0.25) is 0 Å². The van der Waals surface area contributed by atoms with E-state index in [2.05, 4.69) is 6.07 Å². The minimum absolute atomic E-state index is 0.131. The van der Waals surface area contributed by atoms with E-state index in [9.17, 15) is 0 Å². The smallest absolute Gasteiger partial charge is 0.100 e. The van der Waals surface area contributed by atoms with Crippen molar-refractivity contribution in [3.63, 3.8) is 0 Å². The lowest BCUT2D eigenvalue weighted by Crippen LogP contribution is -1.91. The third-order valence-electron chi connectivity index (χ3n) is 2.14. The van der Waals surface area contributed by atoms with Crippen LogP contribution in [0.25, 0.3) is 10.1 Å². The lowest BCUT2D eigenvalue weighted by Gasteiger charge is -2.01. The molecule has 0 unspecified atom stereocenters. The largest absolute Gasteiger partial charge is 0.398 e. The van der Waals surface area contributed by atoms with Crippen molar-refractivity contribution >= 4 is 27.1 Å². The number of rotatable bonds is 1. The molecule has 3 N–H and O–H groups in total. The molecule has 0 saturated heterocycles. The fraction of sp³-hybridized carbons (Fsp3) is 0.100. The number of fused-ring (bicyclic) bond motifs is 1. The molecule has 2 rings (SSSR count). The molecule has 14 heavy (non-hydrogen) atoms. The van der Waals surface area contributed by atoms with Gasteiger partial charge in [0.15, 0.2) is 0 Å². The monoisotopic (exact) mass is 204 g/mol. The van der Waals surface area contributed by atoms with Crippen LogP contribution in [0.1, 0.15) is 11.1 Å². The summed E-state index contributed by atoms with van der Waals surface area (Å²) in [6, 6.07) is 5.72. The Kier molecular flexibility index (Phi) is 2.12. The third-order valence-corrected chi connectivity index (χ3v) is 3.10. The average Bonchev–Trinajstić information content (AvgIpc) is 2.59. The van der Waals surface area contributed by atoms with Crippen molar-refractivity contribution in [2.45, 2.75) is 6.61 Å². The summed E-state index contributed by atoms with van der Waals surface area (Å²) in [7, 11) is 0. The maximum Gasteiger partial charge on any atom is 0.100 e. The van der Waals surface area contributed by atoms with Crippen LogP contribution in [-0.2, 0) is 6.61 Å². The maximum absolute atomic E-state index is 9.05. The van der Waals surface area contributed by atoms with E-state index in [1.54, 1.807) is 6.07 Å². The molecule has 0 radical (unpaired) electrons. The zero-order chi connectivity index (χ0) is 10.1. The summed E-state index contributed by atoms with van der Waals surface area (Å²) in [6.45, 7) is -0.131. The van der Waals surface area contributed by atoms with Gasteiger partial charge in [-0.25, -0.2) is 0 Å². The number of nitrogens with two attached hydrogens (primary N) is 1. The van der Waals surface area contributed by atoms with Crippen LogP contribution in [0.3, 0.4) is 0 Å². The summed E-state index contributed by atoms with van der Waals surface area (Å²) in [6.07, 6.45) is 0. The van der Waals surface area contributed by atoms with Crippen LogP contribution in [0.15, 0.2) is 17.5 Å². The van der Waals surface area contributed by atoms with Crippen LogP contribution in [0.5, 0.6) is 0 Å². The van der Waals surface area contributed by atoms with E-state index in [1.807, 2.05) is 11.4 Å². The molecule has 1 heterocycles. The van der Waals surface area contributed by atoms with Crippen LogP contribution in [-0.4, -0.2) is 5.11 Å². The molecular formula is C10H8N2OS. The average molecular weight is 204 g/mol. The lowest BCUT2D eigenvalue weighted by atomic mass is 10.0. The Morgan fingerprint density at radius 3 is 2.93 bits per heavy atom. The van der Waals surface area contributed by atoms with E-state index >= 15 is 0 Å². The summed E-state index contributed by atoms with van der Waals surface area (Å²) >= 11 is 1.50. The van der Waals surface area contributed by atoms with Crippen LogP contribution >= 0.6 is 11.3 Å². The molecule has 2 aromatic rings. The van der Waals surface area contributed by atoms with Gasteiger partial charge in [0.2, 0.25) is 0 Å². The Morgan fingerprint density at radius 2 is 2.29 bits per heavy atom. The molecule has 0 aliphatic rings. The molecule has 70 valence electrons. The lowest BCUT2D eigenvalue weighted by molar-refractivity contribution is 0.281. The van der Waals surface area contributed by atoms with Gasteiger partial charge in [-0.05, 0) is 11.6 Å². The maximum atomic E-state index is 9.05. The minimum Gasteiger partial charge on any atom is -0.398 e. The molecule has 0 aliphatic carbocycles. The quantitative estimate of drug-likeness (QED) is 0.744. The molecule has 0 spiro atoms. The zero-order valence-electron chi connectivity index (χ0n) is 7.32. The summed E-state index contributed by atoms with van der Waals surface area (Å²) in [5.41, 5.74) is 7.48. The number of nitrogens with zero attached hydrogens (tertiary/aromatic N) is 1. The second-order valence-corrected chi connectivity index (χ2v) is 3.85. The molecule has 0 saturated carbocycles. The predicted molar refractivity (Wildman–Crippen MR) is 56.9 cm³/mol. The number of nitriles is 1. The minimum atomic E-state index is -0.131. The number of aliphatic hydroxyl groups excluding tert-OH is 1. The number of benzene rings is 1. The molecular weight excluding hydrogens is 196 g/mol. The topological polar surface area (TPSA) is 70.0 Å². The Balaban J connectivity index is 2.90. The van der Waals surface area contributed by atoms with E-state index in [-0.39, 0.29) is 6.61 Å². The molecule has 0 atom stereocenters. The summed E-state index contributed by atoms with van der Waals surface area (Å²) in [5.74, 6) is 0. The van der Waals surface area contributed by atoms with Gasteiger partial charge in [-0.15, -0.1) is 11.3 Å². The van der Waals surface area contributed by atoms with Crippen molar-refractivity contribution < 1.29 is 5.11 Å². The second kappa shape index (κ2) is 3.29. The van der Waals surface area contributed by atoms with E-state index in [0.29, 0.717) is 16.8 Å². The SMILES string of the molecule is N#Cc1c(CO)ccc2scc(N)c12. The van der Waals surface area contributed by atoms with E-state index < -0.39 is 0 Å². The summed E-state index contributed by atoms with van der Waals surface area (Å²) < 4.78 is 0.983. The zero-order valence-corrected chi connectivity index (χ0v) is 8.14. The van der Waals surface area contributed by atoms with Crippen molar-refractivity contribution in [2.75, 3.05) is 5.73 Å². The molecule has 0 amide bonds. The predicted octanol–water partition coefficient (Wildman–Crippen LogP) is 1.85. The fourth-order valence-electron chi connectivity index (χ4n) is 1.46. The number of aliphatic hydroxyl groups is 1. The number of hydrogen-bond acceptors (Lipinski definition) is 4. The van der Waals surface area contributed by atoms with E-state index in [4.69, 9.17) is 16.1 Å². The highest BCUT2D eigenvalue weighted by Gasteiger charge is 2.10. The fourth-order valence-corrected chi connectivity index (χ4v) is 2.31. The van der Waals surface area contributed by atoms with Crippen LogP contribution < -0.4 is 5.73 Å². The third kappa shape index (κ3) is 1.15. The normalized spacial score (nSPS) is 10.3. The van der Waals surface area contributed by atoms with Gasteiger partial charge < -0.3 is 10.8 Å². The first kappa shape index (κ1) is 9.00. The Labute approximate surface area is 85.0 Å². The van der Waals surface area contributed by atoms with Crippen molar-refractivity contribution in [2.24, 2.45) is 0 Å². The molecule has 4 heteroatoms. The Hall–Kier alpha value is -1.57. The van der Waals surface area contributed by atoms with Crippen molar-refractivity contribution in [3.8, 4) is 6.07 Å². The second-order valence-electron chi connectivity index (χ2n) is 2.93. The summed E-state index contributed by atoms with van der Waals surface area (Å²) in [5, 5.41) is 20.6. The molecule has 0 bridgehead atoms. The first-order valence-electron chi connectivity index (χ1n) is 4.07. The number of anilines is 1. The van der Waals surface area contributed by atoms with E-state index in [0.717, 1.165) is 10.1 Å². The standard InChI is InChI=1S/C10H8N2OS/c11-3-7-6(4-13)1-2-9-10(7)8(12)5-14-9/h1-2,5,13H,4,12H2. The highest BCUT2D eigenvalue weighted by molar-refractivity contribution is 7.17. The first-order valence-corrected chi connectivity index (χ1v) is 4.95. The molecule has 3 nitrogen and oxygen atoms in total. The molecule has 1 aromatic heterocycles. The van der Waals surface area contributed by atoms with Gasteiger partial charge in [-0.1, -0.05) is 6.07 Å². The van der Waals surface area contributed by atoms with Gasteiger partial charge in [0.1, 0.15) is 6.07 Å². The van der Waals surface area contributed by atoms with Crippen LogP contribution in [0.2, 0.25) is 0 Å². The van der Waals surface area contributed by atoms with Crippen LogP contribution in [0.4, 0.5) is 5.69 Å². The first-order chi connectivity index (χ1) is 6.77. The number of hydrogen-bond donors (Lipinski definition) is 2. The number of thiophene rings is 1. The van der Waals surface area contributed by atoms with E-state index in [1.165, 1.54) is 11.3 Å². The highest BCUT2D eigenvalue weighted by atomic mass is 32.1. The Morgan fingerprint density at radius 1 is 1.50 bits per heavy atom. The molecule has 1 aromatic carbocycles. The van der Waals surface area contributed by atoms with Gasteiger partial charge in [0.25, 0.3) is 0 Å². The van der Waals surface area contributed by atoms with Crippen LogP contribution in [0, 0.1) is 11.3 Å². The van der Waals surface area contributed by atoms with Gasteiger partial charge in [0, 0.05) is 15.5 Å². The van der Waals surface area contributed by atoms with Gasteiger partial charge in [-0.2, -0.15) is 5.26 Å². The van der Waals surface area contributed by atoms with Crippen molar-refractivity contribution in [1.29, 1.82) is 5.26 Å². The number of nitrogen functional groups attached to an aromatic ring is 1. The van der Waals surface area contributed by atoms with Gasteiger partial charge >= 0.3 is 0 Å². The van der Waals surface area contributed by atoms with Crippen molar-refractivity contribution in [1.82, 2.24) is 0 Å². The highest BCUT2D eigenvalue weighted by Crippen LogP contribution is 2.32. The molecule has 0 fully saturated rings. The Bertz CT molecular complexity index is 525.